The molecule has 1 aliphatic heterocycles. The highest BCUT2D eigenvalue weighted by molar-refractivity contribution is 7.09. The van der Waals surface area contributed by atoms with Gasteiger partial charge < -0.3 is 4.74 Å². The van der Waals surface area contributed by atoms with Crippen LogP contribution in [0.5, 0.6) is 5.75 Å². The fourth-order valence-electron chi connectivity index (χ4n) is 2.02. The highest BCUT2D eigenvalue weighted by Gasteiger charge is 2.22. The monoisotopic (exact) mass is 216 g/mol. The molecule has 0 fully saturated rings. The fourth-order valence-corrected chi connectivity index (χ4v) is 2.79. The molecule has 2 heteroatoms. The van der Waals surface area contributed by atoms with E-state index in [4.69, 9.17) is 4.74 Å². The Morgan fingerprint density at radius 2 is 2.13 bits per heavy atom. The van der Waals surface area contributed by atoms with Crippen LogP contribution in [0.25, 0.3) is 0 Å². The average molecular weight is 216 g/mol. The van der Waals surface area contributed by atoms with E-state index in [-0.39, 0.29) is 0 Å². The second-order valence-corrected chi connectivity index (χ2v) is 4.87. The first-order chi connectivity index (χ1) is 7.42. The third-order valence-electron chi connectivity index (χ3n) is 2.72. The molecule has 2 aromatic rings. The normalized spacial score (nSPS) is 18.5. The minimum atomic E-state index is 0.334. The van der Waals surface area contributed by atoms with Crippen molar-refractivity contribution in [1.29, 1.82) is 0 Å². The number of para-hydroxylation sites is 1. The van der Waals surface area contributed by atoms with Crippen molar-refractivity contribution in [2.45, 2.75) is 18.9 Å². The van der Waals surface area contributed by atoms with Crippen molar-refractivity contribution >= 4 is 11.3 Å². The molecule has 1 unspecified atom stereocenters. The van der Waals surface area contributed by atoms with E-state index >= 15 is 0 Å². The van der Waals surface area contributed by atoms with Crippen LogP contribution in [0.2, 0.25) is 0 Å². The second-order valence-electron chi connectivity index (χ2n) is 3.84. The Kier molecular flexibility index (Phi) is 2.22. The van der Waals surface area contributed by atoms with E-state index in [0.29, 0.717) is 6.10 Å². The molecule has 0 saturated carbocycles. The third kappa shape index (κ3) is 1.77. The van der Waals surface area contributed by atoms with Crippen molar-refractivity contribution in [3.63, 3.8) is 0 Å². The van der Waals surface area contributed by atoms with Crippen LogP contribution in [-0.4, -0.2) is 6.10 Å². The summed E-state index contributed by atoms with van der Waals surface area (Å²) in [7, 11) is 0. The molecule has 1 nitrogen and oxygen atoms in total. The molecule has 76 valence electrons. The van der Waals surface area contributed by atoms with E-state index in [1.54, 1.807) is 0 Å². The lowest BCUT2D eigenvalue weighted by Gasteiger charge is -2.08. The molecule has 1 aromatic heterocycles. The van der Waals surface area contributed by atoms with Crippen LogP contribution in [-0.2, 0) is 12.8 Å². The molecule has 0 spiro atoms. The lowest BCUT2D eigenvalue weighted by atomic mass is 10.1. The molecule has 0 amide bonds. The Hall–Kier alpha value is -1.28. The number of hydrogen-bond donors (Lipinski definition) is 0. The second kappa shape index (κ2) is 3.70. The van der Waals surface area contributed by atoms with Gasteiger partial charge in [0.15, 0.2) is 0 Å². The summed E-state index contributed by atoms with van der Waals surface area (Å²) in [5.74, 6) is 1.07. The first kappa shape index (κ1) is 8.98. The molecule has 2 heterocycles. The summed E-state index contributed by atoms with van der Waals surface area (Å²) >= 11 is 1.81. The Labute approximate surface area is 93.3 Å². The smallest absolute Gasteiger partial charge is 0.123 e. The summed E-state index contributed by atoms with van der Waals surface area (Å²) in [6.07, 6.45) is 2.42. The summed E-state index contributed by atoms with van der Waals surface area (Å²) in [6, 6.07) is 12.6. The number of rotatable bonds is 2. The fraction of sp³-hybridized carbons (Fsp3) is 0.231. The summed E-state index contributed by atoms with van der Waals surface area (Å²) < 4.78 is 5.89. The summed E-state index contributed by atoms with van der Waals surface area (Å²) in [4.78, 5) is 1.41. The van der Waals surface area contributed by atoms with Gasteiger partial charge in [-0.15, -0.1) is 11.3 Å². The SMILES string of the molecule is c1csc(CC2Cc3ccccc3O2)c1. The van der Waals surface area contributed by atoms with Gasteiger partial charge in [-0.3, -0.25) is 0 Å². The van der Waals surface area contributed by atoms with Crippen LogP contribution in [0.3, 0.4) is 0 Å². The maximum absolute atomic E-state index is 5.89. The first-order valence-corrected chi connectivity index (χ1v) is 6.07. The number of fused-ring (bicyclic) bond motifs is 1. The van der Waals surface area contributed by atoms with E-state index in [0.717, 1.165) is 18.6 Å². The molecule has 0 saturated heterocycles. The lowest BCUT2D eigenvalue weighted by molar-refractivity contribution is 0.234. The maximum Gasteiger partial charge on any atom is 0.123 e. The summed E-state index contributed by atoms with van der Waals surface area (Å²) in [6.45, 7) is 0. The van der Waals surface area contributed by atoms with E-state index in [1.807, 2.05) is 17.4 Å². The molecule has 0 aliphatic carbocycles. The molecule has 1 aromatic carbocycles. The minimum Gasteiger partial charge on any atom is -0.489 e. The van der Waals surface area contributed by atoms with Gasteiger partial charge in [0, 0.05) is 17.7 Å². The number of thiophene rings is 1. The van der Waals surface area contributed by atoms with Crippen molar-refractivity contribution in [1.82, 2.24) is 0 Å². The minimum absolute atomic E-state index is 0.334. The van der Waals surface area contributed by atoms with Crippen molar-refractivity contribution in [2.75, 3.05) is 0 Å². The predicted octanol–water partition coefficient (Wildman–Crippen LogP) is 3.29. The maximum atomic E-state index is 5.89. The van der Waals surface area contributed by atoms with Crippen LogP contribution in [0.15, 0.2) is 41.8 Å². The molecule has 1 aliphatic rings. The van der Waals surface area contributed by atoms with Crippen LogP contribution >= 0.6 is 11.3 Å². The van der Waals surface area contributed by atoms with Gasteiger partial charge in [0.2, 0.25) is 0 Å². The van der Waals surface area contributed by atoms with Gasteiger partial charge in [-0.25, -0.2) is 0 Å². The van der Waals surface area contributed by atoms with Crippen LogP contribution < -0.4 is 4.74 Å². The van der Waals surface area contributed by atoms with E-state index in [9.17, 15) is 0 Å². The van der Waals surface area contributed by atoms with Gasteiger partial charge in [-0.05, 0) is 23.1 Å². The zero-order valence-corrected chi connectivity index (χ0v) is 9.17. The topological polar surface area (TPSA) is 9.23 Å². The largest absolute Gasteiger partial charge is 0.489 e. The molecule has 1 atom stereocenters. The Morgan fingerprint density at radius 3 is 2.93 bits per heavy atom. The molecule has 15 heavy (non-hydrogen) atoms. The van der Waals surface area contributed by atoms with Gasteiger partial charge in [-0.2, -0.15) is 0 Å². The highest BCUT2D eigenvalue weighted by atomic mass is 32.1. The van der Waals surface area contributed by atoms with Gasteiger partial charge in [0.1, 0.15) is 11.9 Å². The molecular formula is C13H12OS. The van der Waals surface area contributed by atoms with Crippen molar-refractivity contribution in [3.05, 3.63) is 52.2 Å². The first-order valence-electron chi connectivity index (χ1n) is 5.19. The number of hydrogen-bond acceptors (Lipinski definition) is 2. The zero-order valence-electron chi connectivity index (χ0n) is 8.35. The Balaban J connectivity index is 1.74. The van der Waals surface area contributed by atoms with Crippen molar-refractivity contribution in [2.24, 2.45) is 0 Å². The Bertz CT molecular complexity index is 420. The number of benzene rings is 1. The van der Waals surface area contributed by atoms with Crippen molar-refractivity contribution < 1.29 is 4.74 Å². The van der Waals surface area contributed by atoms with Gasteiger partial charge >= 0.3 is 0 Å². The third-order valence-corrected chi connectivity index (χ3v) is 3.62. The standard InChI is InChI=1S/C13H12OS/c1-2-6-13-10(4-1)8-11(14-13)9-12-5-3-7-15-12/h1-7,11H,8-9H2. The van der Waals surface area contributed by atoms with Gasteiger partial charge in [0.05, 0.1) is 0 Å². The molecular weight excluding hydrogens is 204 g/mol. The van der Waals surface area contributed by atoms with Crippen LogP contribution in [0.4, 0.5) is 0 Å². The quantitative estimate of drug-likeness (QED) is 0.748. The van der Waals surface area contributed by atoms with E-state index < -0.39 is 0 Å². The molecule has 0 bridgehead atoms. The van der Waals surface area contributed by atoms with E-state index in [2.05, 4.69) is 35.7 Å². The lowest BCUT2D eigenvalue weighted by Crippen LogP contribution is -2.15. The predicted molar refractivity (Wildman–Crippen MR) is 62.6 cm³/mol. The van der Waals surface area contributed by atoms with Crippen molar-refractivity contribution in [3.8, 4) is 5.75 Å². The number of ether oxygens (including phenoxy) is 1. The van der Waals surface area contributed by atoms with Gasteiger partial charge in [-0.1, -0.05) is 24.3 Å². The summed E-state index contributed by atoms with van der Waals surface area (Å²) in [5, 5.41) is 2.12. The molecule has 0 N–H and O–H groups in total. The van der Waals surface area contributed by atoms with Gasteiger partial charge in [0.25, 0.3) is 0 Å². The molecule has 0 radical (unpaired) electrons. The summed E-state index contributed by atoms with van der Waals surface area (Å²) in [5.41, 5.74) is 1.35. The van der Waals surface area contributed by atoms with E-state index in [1.165, 1.54) is 10.4 Å². The highest BCUT2D eigenvalue weighted by Crippen LogP contribution is 2.30. The van der Waals surface area contributed by atoms with Crippen LogP contribution in [0, 0.1) is 0 Å². The molecule has 3 rings (SSSR count). The average Bonchev–Trinajstić information content (AvgIpc) is 2.86. The van der Waals surface area contributed by atoms with Crippen LogP contribution in [0.1, 0.15) is 10.4 Å². The zero-order chi connectivity index (χ0) is 10.1. The Morgan fingerprint density at radius 1 is 1.20 bits per heavy atom.